The van der Waals surface area contributed by atoms with Gasteiger partial charge in [0.05, 0.1) is 6.54 Å². The third-order valence-electron chi connectivity index (χ3n) is 2.31. The third kappa shape index (κ3) is 3.21. The number of anilines is 1. The molecule has 2 nitrogen and oxygen atoms in total. The molecule has 1 N–H and O–H groups in total. The molecule has 2 rings (SSSR count). The Kier molecular flexibility index (Phi) is 4.07. The average molecular weight is 377 g/mol. The first-order valence-electron chi connectivity index (χ1n) is 4.87. The van der Waals surface area contributed by atoms with Crippen molar-refractivity contribution < 1.29 is 4.79 Å². The number of rotatable bonds is 3. The minimum atomic E-state index is -0.409. The lowest BCUT2D eigenvalue weighted by Gasteiger charge is -2.08. The summed E-state index contributed by atoms with van der Waals surface area (Å²) in [6, 6.07) is 10.0. The fraction of sp³-hybridized carbons (Fsp3) is 0.0833. The summed E-state index contributed by atoms with van der Waals surface area (Å²) in [6.07, 6.45) is 0. The molecule has 5 heteroatoms. The summed E-state index contributed by atoms with van der Waals surface area (Å²) in [5.74, 6) is 0. The number of fused-ring (bicyclic) bond motifs is 1. The lowest BCUT2D eigenvalue weighted by atomic mass is 10.1. The van der Waals surface area contributed by atoms with E-state index in [4.69, 9.17) is 11.6 Å². The summed E-state index contributed by atoms with van der Waals surface area (Å²) < 4.78 is 1.94. The number of halogens is 3. The van der Waals surface area contributed by atoms with Crippen molar-refractivity contribution >= 4 is 65.2 Å². The molecule has 2 aromatic carbocycles. The van der Waals surface area contributed by atoms with E-state index in [2.05, 4.69) is 37.2 Å². The van der Waals surface area contributed by atoms with Gasteiger partial charge >= 0.3 is 0 Å². The molecule has 0 heterocycles. The van der Waals surface area contributed by atoms with Crippen LogP contribution >= 0.6 is 43.5 Å². The Bertz CT molecular complexity index is 586. The fourth-order valence-corrected chi connectivity index (χ4v) is 2.49. The zero-order valence-electron chi connectivity index (χ0n) is 8.64. The normalized spacial score (nSPS) is 10.5. The highest BCUT2D eigenvalue weighted by Crippen LogP contribution is 2.30. The molecule has 17 heavy (non-hydrogen) atoms. The summed E-state index contributed by atoms with van der Waals surface area (Å²) in [5.41, 5.74) is 0.855. The first-order valence-corrected chi connectivity index (χ1v) is 6.83. The Morgan fingerprint density at radius 2 is 1.94 bits per heavy atom. The smallest absolute Gasteiger partial charge is 0.240 e. The van der Waals surface area contributed by atoms with Crippen LogP contribution in [0.4, 0.5) is 5.69 Å². The molecule has 88 valence electrons. The highest BCUT2D eigenvalue weighted by atomic mass is 79.9. The summed E-state index contributed by atoms with van der Waals surface area (Å²) in [5, 5.41) is 4.79. The highest BCUT2D eigenvalue weighted by molar-refractivity contribution is 9.11. The predicted octanol–water partition coefficient (Wildman–Crippen LogP) is 4.54. The Morgan fingerprint density at radius 1 is 1.18 bits per heavy atom. The van der Waals surface area contributed by atoms with E-state index in [0.717, 1.165) is 25.4 Å². The van der Waals surface area contributed by atoms with Gasteiger partial charge in [-0.1, -0.05) is 22.0 Å². The van der Waals surface area contributed by atoms with Gasteiger partial charge in [0.15, 0.2) is 0 Å². The molecule has 0 aromatic heterocycles. The molecule has 0 aliphatic rings. The van der Waals surface area contributed by atoms with E-state index in [-0.39, 0.29) is 6.54 Å². The summed E-state index contributed by atoms with van der Waals surface area (Å²) in [7, 11) is 0. The number of hydrogen-bond donors (Lipinski definition) is 1. The van der Waals surface area contributed by atoms with Crippen molar-refractivity contribution in [2.24, 2.45) is 0 Å². The van der Waals surface area contributed by atoms with E-state index in [1.54, 1.807) is 0 Å². The number of nitrogens with one attached hydrogen (secondary N) is 1. The topological polar surface area (TPSA) is 29.1 Å². The standard InChI is InChI=1S/C12H8Br2ClNO/c13-9-2-1-7-5-11(16-6-12(15)17)10(14)4-8(7)3-9/h1-5,16H,6H2. The van der Waals surface area contributed by atoms with Crippen LogP contribution in [0.25, 0.3) is 10.8 Å². The van der Waals surface area contributed by atoms with E-state index in [0.29, 0.717) is 0 Å². The van der Waals surface area contributed by atoms with Crippen LogP contribution in [0.1, 0.15) is 0 Å². The molecular weight excluding hydrogens is 369 g/mol. The molecule has 0 bridgehead atoms. The Hall–Kier alpha value is -0.580. The maximum Gasteiger partial charge on any atom is 0.240 e. The van der Waals surface area contributed by atoms with Crippen LogP contribution in [-0.4, -0.2) is 11.8 Å². The van der Waals surface area contributed by atoms with Crippen molar-refractivity contribution in [1.82, 2.24) is 0 Å². The Balaban J connectivity index is 2.41. The number of carbonyl (C=O) groups is 1. The van der Waals surface area contributed by atoms with Crippen molar-refractivity contribution in [3.05, 3.63) is 39.3 Å². The van der Waals surface area contributed by atoms with Gasteiger partial charge in [-0.3, -0.25) is 4.79 Å². The molecule has 0 fully saturated rings. The molecule has 2 aromatic rings. The van der Waals surface area contributed by atoms with E-state index in [1.165, 1.54) is 0 Å². The van der Waals surface area contributed by atoms with Crippen LogP contribution in [-0.2, 0) is 4.79 Å². The van der Waals surface area contributed by atoms with Crippen molar-refractivity contribution in [3.8, 4) is 0 Å². The van der Waals surface area contributed by atoms with E-state index < -0.39 is 5.24 Å². The van der Waals surface area contributed by atoms with Crippen molar-refractivity contribution in [2.75, 3.05) is 11.9 Å². The zero-order valence-corrected chi connectivity index (χ0v) is 12.6. The molecule has 0 atom stereocenters. The molecule has 0 aliphatic heterocycles. The molecule has 0 amide bonds. The van der Waals surface area contributed by atoms with Gasteiger partial charge in [-0.05, 0) is 62.6 Å². The van der Waals surface area contributed by atoms with Gasteiger partial charge in [0.2, 0.25) is 5.24 Å². The Labute approximate surface area is 121 Å². The lowest BCUT2D eigenvalue weighted by Crippen LogP contribution is -2.08. The van der Waals surface area contributed by atoms with Crippen LogP contribution in [0, 0.1) is 0 Å². The molecule has 0 saturated heterocycles. The molecule has 0 radical (unpaired) electrons. The Morgan fingerprint density at radius 3 is 2.65 bits per heavy atom. The van der Waals surface area contributed by atoms with Gasteiger partial charge in [0, 0.05) is 14.6 Å². The summed E-state index contributed by atoms with van der Waals surface area (Å²) in [6.45, 7) is 0.113. The van der Waals surface area contributed by atoms with Gasteiger partial charge in [0.1, 0.15) is 0 Å². The first-order chi connectivity index (χ1) is 8.06. The van der Waals surface area contributed by atoms with Crippen molar-refractivity contribution in [2.45, 2.75) is 0 Å². The molecule has 0 unspecified atom stereocenters. The van der Waals surface area contributed by atoms with Gasteiger partial charge in [-0.25, -0.2) is 0 Å². The molecule has 0 aliphatic carbocycles. The predicted molar refractivity (Wildman–Crippen MR) is 78.7 cm³/mol. The van der Waals surface area contributed by atoms with Gasteiger partial charge in [-0.15, -0.1) is 0 Å². The van der Waals surface area contributed by atoms with Crippen LogP contribution < -0.4 is 5.32 Å². The minimum Gasteiger partial charge on any atom is -0.376 e. The quantitative estimate of drug-likeness (QED) is 0.796. The number of benzene rings is 2. The van der Waals surface area contributed by atoms with Crippen LogP contribution in [0.3, 0.4) is 0 Å². The van der Waals surface area contributed by atoms with Gasteiger partial charge < -0.3 is 5.32 Å². The number of hydrogen-bond acceptors (Lipinski definition) is 2. The summed E-state index contributed by atoms with van der Waals surface area (Å²) >= 11 is 12.2. The lowest BCUT2D eigenvalue weighted by molar-refractivity contribution is -0.110. The first kappa shape index (κ1) is 12.9. The average Bonchev–Trinajstić information content (AvgIpc) is 2.26. The van der Waals surface area contributed by atoms with Crippen LogP contribution in [0.5, 0.6) is 0 Å². The second-order valence-corrected chi connectivity index (χ2v) is 5.72. The van der Waals surface area contributed by atoms with E-state index >= 15 is 0 Å². The SMILES string of the molecule is O=C(Cl)CNc1cc2ccc(Br)cc2cc1Br. The zero-order chi connectivity index (χ0) is 12.4. The highest BCUT2D eigenvalue weighted by Gasteiger charge is 2.04. The van der Waals surface area contributed by atoms with Crippen molar-refractivity contribution in [1.29, 1.82) is 0 Å². The second-order valence-electron chi connectivity index (χ2n) is 3.53. The largest absolute Gasteiger partial charge is 0.376 e. The molecule has 0 saturated carbocycles. The van der Waals surface area contributed by atoms with Crippen molar-refractivity contribution in [3.63, 3.8) is 0 Å². The third-order valence-corrected chi connectivity index (χ3v) is 3.59. The fourth-order valence-electron chi connectivity index (χ4n) is 1.54. The minimum absolute atomic E-state index is 0.113. The van der Waals surface area contributed by atoms with Crippen LogP contribution in [0.2, 0.25) is 0 Å². The maximum absolute atomic E-state index is 10.7. The molecular formula is C12H8Br2ClNO. The van der Waals surface area contributed by atoms with E-state index in [9.17, 15) is 4.79 Å². The van der Waals surface area contributed by atoms with Gasteiger partial charge in [0.25, 0.3) is 0 Å². The van der Waals surface area contributed by atoms with Crippen LogP contribution in [0.15, 0.2) is 39.3 Å². The summed E-state index contributed by atoms with van der Waals surface area (Å²) in [4.78, 5) is 10.7. The second kappa shape index (κ2) is 5.38. The van der Waals surface area contributed by atoms with Gasteiger partial charge in [-0.2, -0.15) is 0 Å². The van der Waals surface area contributed by atoms with E-state index in [1.807, 2.05) is 30.3 Å². The monoisotopic (exact) mass is 375 g/mol. The maximum atomic E-state index is 10.7. The number of carbonyl (C=O) groups excluding carboxylic acids is 1. The molecule has 0 spiro atoms.